The van der Waals surface area contributed by atoms with Crippen molar-refractivity contribution in [3.63, 3.8) is 0 Å². The fourth-order valence-electron chi connectivity index (χ4n) is 2.54. The van der Waals surface area contributed by atoms with Crippen LogP contribution in [0.5, 0.6) is 5.75 Å². The molecule has 0 amide bonds. The molecule has 2 heterocycles. The number of fused-ring (bicyclic) bond motifs is 1. The number of hydrogen-bond donors (Lipinski definition) is 0. The van der Waals surface area contributed by atoms with Crippen LogP contribution in [0, 0.1) is 5.82 Å². The van der Waals surface area contributed by atoms with Crippen molar-refractivity contribution in [3.05, 3.63) is 47.8 Å². The predicted octanol–water partition coefficient (Wildman–Crippen LogP) is 1.73. The van der Waals surface area contributed by atoms with E-state index in [0.717, 1.165) is 18.9 Å². The number of Topliss-reactive ketones (excluding diaryl/α,β-unsaturated/α-hetero) is 1. The summed E-state index contributed by atoms with van der Waals surface area (Å²) in [4.78, 5) is 18.6. The number of benzene rings is 1. The van der Waals surface area contributed by atoms with E-state index in [-0.39, 0.29) is 17.9 Å². The SMILES string of the molecule is COc1ccc(F)cc1C(=O)CN1CCn2ccnc2C1. The lowest BCUT2D eigenvalue weighted by Crippen LogP contribution is -2.37. The fraction of sp³-hybridized carbons (Fsp3) is 0.333. The average molecular weight is 289 g/mol. The minimum absolute atomic E-state index is 0.147. The van der Waals surface area contributed by atoms with Crippen molar-refractivity contribution in [2.75, 3.05) is 20.2 Å². The summed E-state index contributed by atoms with van der Waals surface area (Å²) in [5.41, 5.74) is 0.284. The van der Waals surface area contributed by atoms with Gasteiger partial charge in [-0.15, -0.1) is 0 Å². The van der Waals surface area contributed by atoms with Crippen LogP contribution in [0.15, 0.2) is 30.6 Å². The predicted molar refractivity (Wildman–Crippen MR) is 74.8 cm³/mol. The first kappa shape index (κ1) is 13.8. The van der Waals surface area contributed by atoms with Crippen LogP contribution in [0.4, 0.5) is 4.39 Å². The van der Waals surface area contributed by atoms with Crippen molar-refractivity contribution in [1.29, 1.82) is 0 Å². The van der Waals surface area contributed by atoms with Gasteiger partial charge < -0.3 is 9.30 Å². The maximum Gasteiger partial charge on any atom is 0.180 e. The zero-order chi connectivity index (χ0) is 14.8. The Morgan fingerprint density at radius 3 is 3.10 bits per heavy atom. The molecule has 0 spiro atoms. The first-order chi connectivity index (χ1) is 10.2. The summed E-state index contributed by atoms with van der Waals surface area (Å²) in [5.74, 6) is 0.764. The van der Waals surface area contributed by atoms with Crippen molar-refractivity contribution in [2.45, 2.75) is 13.1 Å². The zero-order valence-electron chi connectivity index (χ0n) is 11.8. The molecule has 2 aromatic rings. The summed E-state index contributed by atoms with van der Waals surface area (Å²) in [5, 5.41) is 0. The molecule has 21 heavy (non-hydrogen) atoms. The molecule has 110 valence electrons. The van der Waals surface area contributed by atoms with Gasteiger partial charge in [0.05, 0.1) is 25.8 Å². The number of hydrogen-bond acceptors (Lipinski definition) is 4. The van der Waals surface area contributed by atoms with Crippen molar-refractivity contribution < 1.29 is 13.9 Å². The van der Waals surface area contributed by atoms with Crippen LogP contribution in [0.2, 0.25) is 0 Å². The maximum absolute atomic E-state index is 13.3. The molecule has 1 aliphatic heterocycles. The van der Waals surface area contributed by atoms with E-state index in [0.29, 0.717) is 12.3 Å². The second-order valence-corrected chi connectivity index (χ2v) is 5.02. The van der Waals surface area contributed by atoms with Gasteiger partial charge in [-0.25, -0.2) is 9.37 Å². The van der Waals surface area contributed by atoms with Gasteiger partial charge in [0.25, 0.3) is 0 Å². The maximum atomic E-state index is 13.3. The average Bonchev–Trinajstić information content (AvgIpc) is 2.94. The molecular formula is C15H16FN3O2. The number of methoxy groups -OCH3 is 1. The molecule has 1 aromatic heterocycles. The molecule has 5 nitrogen and oxygen atoms in total. The third-order valence-corrected chi connectivity index (χ3v) is 3.65. The van der Waals surface area contributed by atoms with Crippen LogP contribution in [-0.4, -0.2) is 40.4 Å². The van der Waals surface area contributed by atoms with Crippen molar-refractivity contribution in [3.8, 4) is 5.75 Å². The lowest BCUT2D eigenvalue weighted by molar-refractivity contribution is 0.0904. The van der Waals surface area contributed by atoms with Gasteiger partial charge in [-0.05, 0) is 18.2 Å². The number of aromatic nitrogens is 2. The van der Waals surface area contributed by atoms with Crippen molar-refractivity contribution in [2.24, 2.45) is 0 Å². The molecule has 0 saturated carbocycles. The van der Waals surface area contributed by atoms with E-state index in [1.165, 1.54) is 25.3 Å². The largest absolute Gasteiger partial charge is 0.496 e. The van der Waals surface area contributed by atoms with Crippen LogP contribution in [0.25, 0.3) is 0 Å². The second-order valence-electron chi connectivity index (χ2n) is 5.02. The monoisotopic (exact) mass is 289 g/mol. The Morgan fingerprint density at radius 1 is 1.43 bits per heavy atom. The summed E-state index contributed by atoms with van der Waals surface area (Å²) in [6, 6.07) is 3.99. The zero-order valence-corrected chi connectivity index (χ0v) is 11.8. The van der Waals surface area contributed by atoms with E-state index in [9.17, 15) is 9.18 Å². The quantitative estimate of drug-likeness (QED) is 0.804. The summed E-state index contributed by atoms with van der Waals surface area (Å²) < 4.78 is 20.5. The van der Waals surface area contributed by atoms with Gasteiger partial charge >= 0.3 is 0 Å². The van der Waals surface area contributed by atoms with E-state index >= 15 is 0 Å². The molecular weight excluding hydrogens is 273 g/mol. The van der Waals surface area contributed by atoms with Crippen LogP contribution < -0.4 is 4.74 Å². The molecule has 0 saturated heterocycles. The third-order valence-electron chi connectivity index (χ3n) is 3.65. The topological polar surface area (TPSA) is 47.4 Å². The molecule has 1 aliphatic rings. The standard InChI is InChI=1S/C15H16FN3O2/c1-21-14-3-2-11(16)8-12(14)13(20)9-18-6-7-19-5-4-17-15(19)10-18/h2-5,8H,6-7,9-10H2,1H3. The Kier molecular flexibility index (Phi) is 3.70. The fourth-order valence-corrected chi connectivity index (χ4v) is 2.54. The summed E-state index contributed by atoms with van der Waals surface area (Å²) in [6.45, 7) is 2.43. The van der Waals surface area contributed by atoms with Crippen molar-refractivity contribution in [1.82, 2.24) is 14.5 Å². The number of carbonyl (C=O) groups excluding carboxylic acids is 1. The molecule has 0 N–H and O–H groups in total. The van der Waals surface area contributed by atoms with Crippen LogP contribution in [0.3, 0.4) is 0 Å². The first-order valence-corrected chi connectivity index (χ1v) is 6.76. The van der Waals surface area contributed by atoms with Gasteiger partial charge in [0.2, 0.25) is 0 Å². The third kappa shape index (κ3) is 2.80. The lowest BCUT2D eigenvalue weighted by atomic mass is 10.1. The molecule has 6 heteroatoms. The molecule has 1 aromatic carbocycles. The number of ether oxygens (including phenoxy) is 1. The molecule has 3 rings (SSSR count). The van der Waals surface area contributed by atoms with Crippen LogP contribution in [-0.2, 0) is 13.1 Å². The number of nitrogens with zero attached hydrogens (tertiary/aromatic N) is 3. The van der Waals surface area contributed by atoms with Gasteiger partial charge in [0.15, 0.2) is 5.78 Å². The highest BCUT2D eigenvalue weighted by Gasteiger charge is 2.21. The summed E-state index contributed by atoms with van der Waals surface area (Å²) >= 11 is 0. The summed E-state index contributed by atoms with van der Waals surface area (Å²) in [7, 11) is 1.47. The Morgan fingerprint density at radius 2 is 2.29 bits per heavy atom. The van der Waals surface area contributed by atoms with Gasteiger partial charge in [0, 0.05) is 25.5 Å². The molecule has 0 radical (unpaired) electrons. The highest BCUT2D eigenvalue weighted by atomic mass is 19.1. The van der Waals surface area contributed by atoms with E-state index in [2.05, 4.69) is 9.55 Å². The Bertz CT molecular complexity index is 669. The Hall–Kier alpha value is -2.21. The van der Waals surface area contributed by atoms with Gasteiger partial charge in [-0.3, -0.25) is 9.69 Å². The van der Waals surface area contributed by atoms with E-state index in [4.69, 9.17) is 4.74 Å². The van der Waals surface area contributed by atoms with Crippen molar-refractivity contribution >= 4 is 5.78 Å². The minimum Gasteiger partial charge on any atom is -0.496 e. The van der Waals surface area contributed by atoms with Crippen LogP contribution in [0.1, 0.15) is 16.2 Å². The molecule has 0 fully saturated rings. The smallest absolute Gasteiger partial charge is 0.180 e. The lowest BCUT2D eigenvalue weighted by Gasteiger charge is -2.27. The normalized spacial score (nSPS) is 14.8. The number of carbonyl (C=O) groups is 1. The van der Waals surface area contributed by atoms with Gasteiger partial charge in [0.1, 0.15) is 17.4 Å². The number of rotatable bonds is 4. The van der Waals surface area contributed by atoms with Gasteiger partial charge in [-0.1, -0.05) is 0 Å². The molecule has 0 aliphatic carbocycles. The van der Waals surface area contributed by atoms with E-state index < -0.39 is 5.82 Å². The summed E-state index contributed by atoms with van der Waals surface area (Å²) in [6.07, 6.45) is 3.69. The van der Waals surface area contributed by atoms with Gasteiger partial charge in [-0.2, -0.15) is 0 Å². The van der Waals surface area contributed by atoms with Crippen LogP contribution >= 0.6 is 0 Å². The van der Waals surface area contributed by atoms with E-state index in [1.54, 1.807) is 6.20 Å². The molecule has 0 bridgehead atoms. The highest BCUT2D eigenvalue weighted by molar-refractivity contribution is 6.00. The molecule has 0 atom stereocenters. The number of ketones is 1. The Balaban J connectivity index is 1.74. The number of imidazole rings is 1. The number of halogens is 1. The highest BCUT2D eigenvalue weighted by Crippen LogP contribution is 2.21. The second kappa shape index (κ2) is 5.65. The minimum atomic E-state index is -0.437. The van der Waals surface area contributed by atoms with E-state index in [1.807, 2.05) is 11.1 Å². The Labute approximate surface area is 122 Å². The first-order valence-electron chi connectivity index (χ1n) is 6.76. The molecule has 0 unspecified atom stereocenters.